The Morgan fingerprint density at radius 3 is 2.21 bits per heavy atom. The van der Waals surface area contributed by atoms with E-state index in [1.807, 2.05) is 6.07 Å². The lowest BCUT2D eigenvalue weighted by atomic mass is 10.0. The number of alkyl halides is 3. The van der Waals surface area contributed by atoms with Crippen LogP contribution in [0.25, 0.3) is 11.3 Å². The van der Waals surface area contributed by atoms with E-state index in [9.17, 15) is 22.4 Å². The van der Waals surface area contributed by atoms with Crippen molar-refractivity contribution in [1.82, 2.24) is 19.9 Å². The highest BCUT2D eigenvalue weighted by Crippen LogP contribution is 2.26. The Morgan fingerprint density at radius 2 is 1.61 bits per heavy atom. The number of aliphatic carboxylic acids is 1. The molecule has 2 aromatic heterocycles. The van der Waals surface area contributed by atoms with Gasteiger partial charge in [0.2, 0.25) is 0 Å². The average molecular weight is 462 g/mol. The van der Waals surface area contributed by atoms with E-state index >= 15 is 0 Å². The Morgan fingerprint density at radius 1 is 0.939 bits per heavy atom. The van der Waals surface area contributed by atoms with Crippen LogP contribution in [0.5, 0.6) is 0 Å². The van der Waals surface area contributed by atoms with Gasteiger partial charge in [0.1, 0.15) is 17.8 Å². The summed E-state index contributed by atoms with van der Waals surface area (Å²) in [4.78, 5) is 36.4. The van der Waals surface area contributed by atoms with E-state index in [4.69, 9.17) is 9.90 Å². The predicted octanol–water partition coefficient (Wildman–Crippen LogP) is 3.55. The first-order valence-corrected chi connectivity index (χ1v) is 9.76. The molecule has 0 unspecified atom stereocenters. The number of carboxylic acids is 1. The van der Waals surface area contributed by atoms with Crippen LogP contribution in [0.3, 0.4) is 0 Å². The van der Waals surface area contributed by atoms with Gasteiger partial charge in [0.15, 0.2) is 0 Å². The van der Waals surface area contributed by atoms with Gasteiger partial charge in [-0.2, -0.15) is 13.2 Å². The van der Waals surface area contributed by atoms with Crippen molar-refractivity contribution in [1.29, 1.82) is 0 Å². The van der Waals surface area contributed by atoms with Gasteiger partial charge in [-0.25, -0.2) is 19.2 Å². The van der Waals surface area contributed by atoms with Crippen molar-refractivity contribution >= 4 is 11.9 Å². The van der Waals surface area contributed by atoms with E-state index < -0.39 is 12.1 Å². The molecule has 0 radical (unpaired) electrons. The first-order chi connectivity index (χ1) is 15.7. The topological polar surface area (TPSA) is 96.3 Å². The van der Waals surface area contributed by atoms with Crippen LogP contribution in [0, 0.1) is 5.82 Å². The second-order valence-electron chi connectivity index (χ2n) is 6.96. The fourth-order valence-electron chi connectivity index (χ4n) is 3.24. The van der Waals surface area contributed by atoms with E-state index in [0.717, 1.165) is 22.5 Å². The van der Waals surface area contributed by atoms with Crippen molar-refractivity contribution < 1.29 is 32.3 Å². The van der Waals surface area contributed by atoms with Crippen LogP contribution in [0.2, 0.25) is 0 Å². The monoisotopic (exact) mass is 462 g/mol. The molecule has 1 N–H and O–H groups in total. The molecule has 1 aliphatic rings. The number of amides is 1. The zero-order valence-electron chi connectivity index (χ0n) is 17.1. The molecule has 0 aliphatic carbocycles. The number of pyridine rings is 1. The zero-order valence-corrected chi connectivity index (χ0v) is 17.1. The molecule has 172 valence electrons. The van der Waals surface area contributed by atoms with Gasteiger partial charge in [-0.05, 0) is 42.8 Å². The maximum Gasteiger partial charge on any atom is 0.490 e. The number of hydrogen-bond donors (Lipinski definition) is 1. The van der Waals surface area contributed by atoms with Crippen molar-refractivity contribution in [2.75, 3.05) is 13.1 Å². The molecule has 0 bridgehead atoms. The highest BCUT2D eigenvalue weighted by atomic mass is 19.4. The second kappa shape index (κ2) is 10.2. The van der Waals surface area contributed by atoms with Crippen LogP contribution in [0.4, 0.5) is 17.6 Å². The smallest absolute Gasteiger partial charge is 0.475 e. The van der Waals surface area contributed by atoms with Crippen molar-refractivity contribution in [3.8, 4) is 11.3 Å². The predicted molar refractivity (Wildman–Crippen MR) is 109 cm³/mol. The van der Waals surface area contributed by atoms with Crippen LogP contribution in [0.15, 0.2) is 55.0 Å². The molecule has 4 rings (SSSR count). The van der Waals surface area contributed by atoms with Gasteiger partial charge in [0.25, 0.3) is 5.91 Å². The Bertz CT molecular complexity index is 1120. The minimum absolute atomic E-state index is 0.0744. The third kappa shape index (κ3) is 6.09. The second-order valence-corrected chi connectivity index (χ2v) is 6.96. The summed E-state index contributed by atoms with van der Waals surface area (Å²) in [7, 11) is 0. The number of carbonyl (C=O) groups excluding carboxylic acids is 1. The van der Waals surface area contributed by atoms with Crippen molar-refractivity contribution in [2.45, 2.75) is 19.0 Å². The number of halogens is 4. The molecule has 0 atom stereocenters. The third-order valence-corrected chi connectivity index (χ3v) is 4.82. The summed E-state index contributed by atoms with van der Waals surface area (Å²) >= 11 is 0. The largest absolute Gasteiger partial charge is 0.490 e. The summed E-state index contributed by atoms with van der Waals surface area (Å²) in [6, 6.07) is 11.6. The van der Waals surface area contributed by atoms with E-state index in [2.05, 4.69) is 15.0 Å². The number of carbonyl (C=O) groups is 2. The molecular weight excluding hydrogens is 444 g/mol. The molecule has 0 spiro atoms. The number of aromatic nitrogens is 3. The quantitative estimate of drug-likeness (QED) is 0.586. The van der Waals surface area contributed by atoms with Crippen LogP contribution >= 0.6 is 0 Å². The summed E-state index contributed by atoms with van der Waals surface area (Å²) in [6.45, 7) is 1.16. The van der Waals surface area contributed by atoms with Gasteiger partial charge in [-0.3, -0.25) is 9.78 Å². The Labute approximate surface area is 185 Å². The molecule has 33 heavy (non-hydrogen) atoms. The number of hydrogen-bond acceptors (Lipinski definition) is 5. The first kappa shape index (κ1) is 23.8. The van der Waals surface area contributed by atoms with Crippen molar-refractivity contribution in [2.24, 2.45) is 0 Å². The number of fused-ring (bicyclic) bond motifs is 1. The van der Waals surface area contributed by atoms with E-state index in [0.29, 0.717) is 31.6 Å². The van der Waals surface area contributed by atoms with Crippen molar-refractivity contribution in [3.63, 3.8) is 0 Å². The maximum absolute atomic E-state index is 13.2. The normalized spacial score (nSPS) is 13.3. The Kier molecular flexibility index (Phi) is 7.31. The van der Waals surface area contributed by atoms with E-state index in [-0.39, 0.29) is 11.7 Å². The molecule has 11 heteroatoms. The standard InChI is InChI=1S/C20H17FN4O.C2HF3O2/c21-15-6-4-14(5-7-15)19-16-8-11-25(12-9-17(16)23-13-24-19)20(26)18-3-1-2-10-22-18;3-2(4,5)1(6)7/h1-7,10,13H,8-9,11-12H2;(H,6,7). The molecule has 0 saturated heterocycles. The number of benzene rings is 1. The molecule has 1 aliphatic heterocycles. The highest BCUT2D eigenvalue weighted by Gasteiger charge is 2.38. The molecule has 0 fully saturated rings. The number of nitrogens with zero attached hydrogens (tertiary/aromatic N) is 4. The summed E-state index contributed by atoms with van der Waals surface area (Å²) in [6.07, 6.45) is -0.613. The van der Waals surface area contributed by atoms with Crippen LogP contribution in [-0.2, 0) is 17.6 Å². The molecule has 1 amide bonds. The summed E-state index contributed by atoms with van der Waals surface area (Å²) in [5.74, 6) is -3.11. The molecular formula is C22H18F4N4O3. The van der Waals surface area contributed by atoms with Gasteiger partial charge < -0.3 is 10.0 Å². The van der Waals surface area contributed by atoms with Crippen LogP contribution < -0.4 is 0 Å². The molecule has 1 aromatic carbocycles. The Hall–Kier alpha value is -3.89. The van der Waals surface area contributed by atoms with Crippen LogP contribution in [0.1, 0.15) is 21.7 Å². The highest BCUT2D eigenvalue weighted by molar-refractivity contribution is 5.92. The summed E-state index contributed by atoms with van der Waals surface area (Å²) < 4.78 is 45.0. The van der Waals surface area contributed by atoms with E-state index in [1.54, 1.807) is 35.4 Å². The minimum Gasteiger partial charge on any atom is -0.475 e. The van der Waals surface area contributed by atoms with Gasteiger partial charge in [-0.15, -0.1) is 0 Å². The SMILES string of the molecule is O=C(O)C(F)(F)F.O=C(c1ccccn1)N1CCc2ncnc(-c3ccc(F)cc3)c2CC1. The maximum atomic E-state index is 13.2. The lowest BCUT2D eigenvalue weighted by Crippen LogP contribution is -2.33. The van der Waals surface area contributed by atoms with Crippen molar-refractivity contribution in [3.05, 3.63) is 77.8 Å². The van der Waals surface area contributed by atoms with Gasteiger partial charge in [0, 0.05) is 42.5 Å². The fourth-order valence-corrected chi connectivity index (χ4v) is 3.24. The van der Waals surface area contributed by atoms with E-state index in [1.165, 1.54) is 18.5 Å². The molecule has 0 saturated carbocycles. The van der Waals surface area contributed by atoms with Gasteiger partial charge >= 0.3 is 12.1 Å². The molecule has 3 heterocycles. The molecule has 3 aromatic rings. The average Bonchev–Trinajstić information content (AvgIpc) is 3.02. The lowest BCUT2D eigenvalue weighted by molar-refractivity contribution is -0.192. The fraction of sp³-hybridized carbons (Fsp3) is 0.227. The summed E-state index contributed by atoms with van der Waals surface area (Å²) in [5.41, 5.74) is 4.08. The zero-order chi connectivity index (χ0) is 24.0. The first-order valence-electron chi connectivity index (χ1n) is 9.76. The summed E-state index contributed by atoms with van der Waals surface area (Å²) in [5, 5.41) is 7.12. The minimum atomic E-state index is -5.08. The van der Waals surface area contributed by atoms with Crippen LogP contribution in [-0.4, -0.2) is 56.1 Å². The van der Waals surface area contributed by atoms with Gasteiger partial charge in [-0.1, -0.05) is 6.07 Å². The number of carboxylic acid groups (broad SMARTS) is 1. The Balaban J connectivity index is 0.000000383. The third-order valence-electron chi connectivity index (χ3n) is 4.82. The molecule has 7 nitrogen and oxygen atoms in total. The van der Waals surface area contributed by atoms with Gasteiger partial charge in [0.05, 0.1) is 5.69 Å². The number of rotatable bonds is 2. The lowest BCUT2D eigenvalue weighted by Gasteiger charge is -2.19.